The maximum absolute atomic E-state index is 6.25. The summed E-state index contributed by atoms with van der Waals surface area (Å²) >= 11 is 0. The zero-order valence-corrected chi connectivity index (χ0v) is 19.7. The summed E-state index contributed by atoms with van der Waals surface area (Å²) in [6.45, 7) is 28.5. The van der Waals surface area contributed by atoms with E-state index in [1.165, 1.54) is 0 Å². The molecule has 0 N–H and O–H groups in total. The minimum atomic E-state index is 0. The van der Waals surface area contributed by atoms with E-state index in [1.54, 1.807) is 0 Å². The van der Waals surface area contributed by atoms with E-state index in [9.17, 15) is 0 Å². The Morgan fingerprint density at radius 3 is 0.312 bits per heavy atom. The summed E-state index contributed by atoms with van der Waals surface area (Å²) in [5.41, 5.74) is 0. The molecule has 0 aromatic heterocycles. The minimum Gasteiger partial charge on any atom is -0.512 e. The second-order valence-electron chi connectivity index (χ2n) is 0. The molecule has 0 aliphatic rings. The molecule has 0 amide bonds. The van der Waals surface area contributed by atoms with Crippen LogP contribution in [0.4, 0.5) is 0 Å². The van der Waals surface area contributed by atoms with Crippen LogP contribution >= 0.6 is 0 Å². The van der Waals surface area contributed by atoms with Crippen LogP contribution in [0.3, 0.4) is 0 Å². The third-order valence-corrected chi connectivity index (χ3v) is 0. The molecule has 0 aliphatic heterocycles. The molecule has 0 fully saturated rings. The van der Waals surface area contributed by atoms with Gasteiger partial charge in [-0.3, -0.25) is 0 Å². The van der Waals surface area contributed by atoms with E-state index >= 15 is 0 Å². The molecule has 0 spiro atoms. The fraction of sp³-hybridized carbons (Fsp3) is 0. The second-order valence-corrected chi connectivity index (χ2v) is 0. The van der Waals surface area contributed by atoms with E-state index in [0.717, 1.165) is 0 Å². The average Bonchev–Trinajstić information content (AvgIpc) is 2.33. The number of nitrogens with zero attached hydrogens (tertiary/aromatic N) is 6. The summed E-state index contributed by atoms with van der Waals surface area (Å²) in [6, 6.07) is 0. The van der Waals surface area contributed by atoms with Gasteiger partial charge in [-0.05, 0) is 0 Å². The quantitative estimate of drug-likeness (QED) is 0.320. The molecule has 0 bridgehead atoms. The largest absolute Gasteiger partial charge is 3.00 e. The summed E-state index contributed by atoms with van der Waals surface area (Å²) in [6.07, 6.45) is 0. The van der Waals surface area contributed by atoms with Gasteiger partial charge in [0.1, 0.15) is 0 Å². The first-order chi connectivity index (χ1) is 6.00. The van der Waals surface area contributed by atoms with Gasteiger partial charge in [0, 0.05) is 0 Å². The number of hydrogen-bond acceptors (Lipinski definition) is 6. The minimum absolute atomic E-state index is 0. The molecular weight excluding hydrogens is 325 g/mol. The Hall–Kier alpha value is 2.38. The fourth-order valence-corrected chi connectivity index (χ4v) is 0. The van der Waals surface area contributed by atoms with Gasteiger partial charge in [-0.25, -0.2) is 0 Å². The van der Waals surface area contributed by atoms with Crippen molar-refractivity contribution in [1.29, 1.82) is 31.6 Å². The zero-order valence-electron chi connectivity index (χ0n) is 9.09. The first-order valence-electron chi connectivity index (χ1n) is 1.34. The van der Waals surface area contributed by atoms with Crippen LogP contribution in [0.1, 0.15) is 0 Å². The molecule has 0 saturated carbocycles. The molecule has 0 unspecified atom stereocenters. The molecular formula is C6CrK3N6. The van der Waals surface area contributed by atoms with E-state index in [4.69, 9.17) is 71.0 Å². The first-order valence-corrected chi connectivity index (χ1v) is 1.34. The fourth-order valence-electron chi connectivity index (χ4n) is 0. The first kappa shape index (κ1) is 79.1. The van der Waals surface area contributed by atoms with Crippen LogP contribution in [-0.2, 0) is 17.4 Å². The van der Waals surface area contributed by atoms with Gasteiger partial charge < -0.3 is 71.0 Å². The van der Waals surface area contributed by atoms with E-state index < -0.39 is 0 Å². The van der Waals surface area contributed by atoms with Crippen LogP contribution in [0.5, 0.6) is 0 Å². The van der Waals surface area contributed by atoms with Gasteiger partial charge in [-0.1, -0.05) is 0 Å². The molecule has 0 saturated heterocycles. The van der Waals surface area contributed by atoms with Crippen LogP contribution in [0.25, 0.3) is 0 Å². The molecule has 16 heavy (non-hydrogen) atoms. The van der Waals surface area contributed by atoms with Crippen molar-refractivity contribution < 1.29 is 172 Å². The van der Waals surface area contributed by atoms with E-state index in [-0.39, 0.29) is 172 Å². The third-order valence-electron chi connectivity index (χ3n) is 0. The molecule has 63 valence electrons. The van der Waals surface area contributed by atoms with Gasteiger partial charge in [0.05, 0.1) is 0 Å². The van der Waals surface area contributed by atoms with Crippen molar-refractivity contribution in [2.45, 2.75) is 0 Å². The zero-order chi connectivity index (χ0) is 12.0. The van der Waals surface area contributed by atoms with Crippen LogP contribution in [0.15, 0.2) is 0 Å². The molecule has 6 nitrogen and oxygen atoms in total. The molecule has 0 aromatic carbocycles. The van der Waals surface area contributed by atoms with E-state index in [1.807, 2.05) is 0 Å². The number of rotatable bonds is 0. The Labute approximate surface area is 236 Å². The van der Waals surface area contributed by atoms with Gasteiger partial charge in [0.15, 0.2) is 0 Å². The maximum atomic E-state index is 6.25. The summed E-state index contributed by atoms with van der Waals surface area (Å²) < 4.78 is 0. The second kappa shape index (κ2) is 822. The topological polar surface area (TPSA) is 143 Å². The van der Waals surface area contributed by atoms with E-state index in [2.05, 4.69) is 0 Å². The van der Waals surface area contributed by atoms with Crippen LogP contribution < -0.4 is 154 Å². The van der Waals surface area contributed by atoms with Gasteiger partial charge in [0.25, 0.3) is 0 Å². The predicted octanol–water partition coefficient (Wildman–Crippen LogP) is -8.41. The Bertz CT molecular complexity index is 103. The summed E-state index contributed by atoms with van der Waals surface area (Å²) in [7, 11) is 0. The Kier molecular flexibility index (Phi) is 4060. The Morgan fingerprint density at radius 1 is 0.312 bits per heavy atom. The molecule has 0 aromatic rings. The Balaban J connectivity index is -0.00000000321. The maximum Gasteiger partial charge on any atom is 3.00 e. The monoisotopic (exact) mass is 325 g/mol. The third kappa shape index (κ3) is 683. The van der Waals surface area contributed by atoms with Crippen molar-refractivity contribution in [1.82, 2.24) is 0 Å². The van der Waals surface area contributed by atoms with Crippen molar-refractivity contribution >= 4 is 0 Å². The van der Waals surface area contributed by atoms with Gasteiger partial charge >= 0.3 is 172 Å². The van der Waals surface area contributed by atoms with Crippen molar-refractivity contribution in [3.8, 4) is 0 Å². The SMILES string of the molecule is [C-]#N.[C-]#N.[C-]#N.[C-]#N.[C-]#N.[C-]#N.[Cr+3].[K+].[K+].[K+]. The van der Waals surface area contributed by atoms with Gasteiger partial charge in [-0.2, -0.15) is 0 Å². The average molecular weight is 325 g/mol. The Morgan fingerprint density at radius 2 is 0.312 bits per heavy atom. The molecule has 0 rings (SSSR count). The van der Waals surface area contributed by atoms with Crippen molar-refractivity contribution in [3.05, 3.63) is 39.4 Å². The molecule has 10 heteroatoms. The molecule has 1 radical (unpaired) electrons. The van der Waals surface area contributed by atoms with Crippen LogP contribution in [-0.4, -0.2) is 0 Å². The predicted molar refractivity (Wildman–Crippen MR) is 29.8 cm³/mol. The molecule has 0 aliphatic carbocycles. The standard InChI is InChI=1S/6CN.Cr.3K/c6*1-2;;;;/q6*-1;+3;3*+1. The van der Waals surface area contributed by atoms with Gasteiger partial charge in [0.2, 0.25) is 0 Å². The van der Waals surface area contributed by atoms with Crippen molar-refractivity contribution in [2.75, 3.05) is 0 Å². The summed E-state index contributed by atoms with van der Waals surface area (Å²) in [5.74, 6) is 0. The van der Waals surface area contributed by atoms with Gasteiger partial charge in [-0.15, -0.1) is 0 Å². The molecule has 0 atom stereocenters. The molecule has 0 heterocycles. The van der Waals surface area contributed by atoms with Crippen LogP contribution in [0.2, 0.25) is 0 Å². The normalized spacial score (nSPS) is 0.750. The van der Waals surface area contributed by atoms with E-state index in [0.29, 0.717) is 0 Å². The summed E-state index contributed by atoms with van der Waals surface area (Å²) in [5, 5.41) is 37.5. The smallest absolute Gasteiger partial charge is 0.512 e. The van der Waals surface area contributed by atoms with Crippen LogP contribution in [0, 0.1) is 71.0 Å². The van der Waals surface area contributed by atoms with Crippen molar-refractivity contribution in [3.63, 3.8) is 0 Å². The van der Waals surface area contributed by atoms with Crippen molar-refractivity contribution in [2.24, 2.45) is 0 Å². The summed E-state index contributed by atoms with van der Waals surface area (Å²) in [4.78, 5) is 0. The number of hydrogen-bond donors (Lipinski definition) is 0.